The maximum atomic E-state index is 12.2. The predicted octanol–water partition coefficient (Wildman–Crippen LogP) is 3.69. The van der Waals surface area contributed by atoms with Gasteiger partial charge >= 0.3 is 12.0 Å². The number of urea groups is 1. The van der Waals surface area contributed by atoms with E-state index in [1.807, 2.05) is 0 Å². The molecule has 2 N–H and O–H groups in total. The summed E-state index contributed by atoms with van der Waals surface area (Å²) in [6.45, 7) is 3.65. The molecule has 1 aliphatic heterocycles. The van der Waals surface area contributed by atoms with Gasteiger partial charge in [0.05, 0.1) is 10.6 Å². The largest absolute Gasteiger partial charge is 0.478 e. The fraction of sp³-hybridized carbons (Fsp3) is 0.467. The topological polar surface area (TPSA) is 69.6 Å². The van der Waals surface area contributed by atoms with Gasteiger partial charge in [-0.3, -0.25) is 0 Å². The first-order valence-corrected chi connectivity index (χ1v) is 7.47. The molecule has 0 spiro atoms. The summed E-state index contributed by atoms with van der Waals surface area (Å²) in [6.07, 6.45) is 3.18. The van der Waals surface area contributed by atoms with E-state index in [1.54, 1.807) is 11.0 Å². The van der Waals surface area contributed by atoms with E-state index in [0.29, 0.717) is 11.6 Å². The third-order valence-corrected chi connectivity index (χ3v) is 4.26. The number of carbonyl (C=O) groups excluding carboxylic acids is 1. The average Bonchev–Trinajstić information content (AvgIpc) is 2.49. The van der Waals surface area contributed by atoms with Crippen LogP contribution in [0.5, 0.6) is 0 Å². The second-order valence-electron chi connectivity index (χ2n) is 5.27. The molecule has 0 aliphatic carbocycles. The number of piperidine rings is 1. The minimum Gasteiger partial charge on any atom is -0.478 e. The number of carboxylic acids is 1. The van der Waals surface area contributed by atoms with Gasteiger partial charge in [-0.15, -0.1) is 0 Å². The van der Waals surface area contributed by atoms with Crippen molar-refractivity contribution >= 4 is 29.3 Å². The highest BCUT2D eigenvalue weighted by molar-refractivity contribution is 6.33. The highest BCUT2D eigenvalue weighted by Gasteiger charge is 2.22. The van der Waals surface area contributed by atoms with Crippen LogP contribution in [-0.4, -0.2) is 35.1 Å². The number of nitrogens with one attached hydrogen (secondary N) is 1. The molecular formula is C15H19ClN2O3. The molecule has 2 amide bonds. The van der Waals surface area contributed by atoms with Crippen LogP contribution in [0.1, 0.15) is 36.5 Å². The lowest BCUT2D eigenvalue weighted by Crippen LogP contribution is -2.40. The van der Waals surface area contributed by atoms with Crippen molar-refractivity contribution in [3.05, 3.63) is 28.8 Å². The molecule has 1 aliphatic rings. The Kier molecular flexibility index (Phi) is 5.07. The smallest absolute Gasteiger partial charge is 0.337 e. The van der Waals surface area contributed by atoms with Crippen LogP contribution in [0.3, 0.4) is 0 Å². The minimum atomic E-state index is -1.11. The molecule has 0 aromatic heterocycles. The molecule has 1 aromatic rings. The number of likely N-dealkylation sites (tertiary alicyclic amines) is 1. The molecular weight excluding hydrogens is 292 g/mol. The summed E-state index contributed by atoms with van der Waals surface area (Å²) < 4.78 is 0. The monoisotopic (exact) mass is 310 g/mol. The van der Waals surface area contributed by atoms with Crippen LogP contribution in [0, 0.1) is 5.92 Å². The Labute approximate surface area is 128 Å². The van der Waals surface area contributed by atoms with Crippen LogP contribution in [0.15, 0.2) is 18.2 Å². The molecule has 1 fully saturated rings. The lowest BCUT2D eigenvalue weighted by molar-refractivity contribution is 0.0697. The second-order valence-corrected chi connectivity index (χ2v) is 5.68. The van der Waals surface area contributed by atoms with E-state index in [9.17, 15) is 9.59 Å². The number of anilines is 1. The van der Waals surface area contributed by atoms with Crippen molar-refractivity contribution in [2.75, 3.05) is 18.4 Å². The van der Waals surface area contributed by atoms with Gasteiger partial charge in [-0.2, -0.15) is 0 Å². The first-order chi connectivity index (χ1) is 10.0. The van der Waals surface area contributed by atoms with Crippen molar-refractivity contribution in [2.45, 2.75) is 26.2 Å². The Balaban J connectivity index is 2.00. The molecule has 6 heteroatoms. The van der Waals surface area contributed by atoms with E-state index in [0.717, 1.165) is 32.4 Å². The second kappa shape index (κ2) is 6.80. The molecule has 5 nitrogen and oxygen atoms in total. The summed E-state index contributed by atoms with van der Waals surface area (Å²) >= 11 is 5.80. The third-order valence-electron chi connectivity index (χ3n) is 3.93. The maximum Gasteiger partial charge on any atom is 0.337 e. The fourth-order valence-corrected chi connectivity index (χ4v) is 2.71. The summed E-state index contributed by atoms with van der Waals surface area (Å²) in [4.78, 5) is 25.0. The Morgan fingerprint density at radius 3 is 2.62 bits per heavy atom. The maximum absolute atomic E-state index is 12.2. The van der Waals surface area contributed by atoms with Gasteiger partial charge in [-0.25, -0.2) is 9.59 Å². The molecule has 0 atom stereocenters. The van der Waals surface area contributed by atoms with Gasteiger partial charge in [0.15, 0.2) is 0 Å². The normalized spacial score (nSPS) is 15.8. The number of carbonyl (C=O) groups is 2. The highest BCUT2D eigenvalue weighted by Crippen LogP contribution is 2.23. The number of rotatable bonds is 3. The standard InChI is InChI=1S/C15H19ClN2O3/c1-2-10-5-7-18(8-6-10)15(21)17-11-3-4-13(16)12(9-11)14(19)20/h3-4,9-10H,2,5-8H2,1H3,(H,17,21)(H,19,20). The molecule has 1 heterocycles. The number of benzene rings is 1. The van der Waals surface area contributed by atoms with Crippen molar-refractivity contribution in [3.63, 3.8) is 0 Å². The number of nitrogens with zero attached hydrogens (tertiary/aromatic N) is 1. The lowest BCUT2D eigenvalue weighted by Gasteiger charge is -2.31. The number of halogens is 1. The molecule has 1 saturated heterocycles. The lowest BCUT2D eigenvalue weighted by atomic mass is 9.95. The number of aromatic carboxylic acids is 1. The molecule has 114 valence electrons. The van der Waals surface area contributed by atoms with Crippen molar-refractivity contribution < 1.29 is 14.7 Å². The van der Waals surface area contributed by atoms with Gasteiger partial charge in [-0.05, 0) is 37.0 Å². The fourth-order valence-electron chi connectivity index (χ4n) is 2.51. The van der Waals surface area contributed by atoms with Gasteiger partial charge in [0.2, 0.25) is 0 Å². The first kappa shape index (κ1) is 15.6. The van der Waals surface area contributed by atoms with Crippen LogP contribution in [0.2, 0.25) is 5.02 Å². The summed E-state index contributed by atoms with van der Waals surface area (Å²) in [5.74, 6) is -0.414. The third kappa shape index (κ3) is 3.88. The Bertz CT molecular complexity index is 540. The van der Waals surface area contributed by atoms with Crippen LogP contribution in [-0.2, 0) is 0 Å². The summed E-state index contributed by atoms with van der Waals surface area (Å²) in [5.41, 5.74) is 0.429. The molecule has 2 rings (SSSR count). The summed E-state index contributed by atoms with van der Waals surface area (Å²) in [6, 6.07) is 4.26. The average molecular weight is 311 g/mol. The van der Waals surface area contributed by atoms with Gasteiger partial charge in [-0.1, -0.05) is 24.9 Å². The van der Waals surface area contributed by atoms with E-state index in [2.05, 4.69) is 12.2 Å². The van der Waals surface area contributed by atoms with Crippen molar-refractivity contribution in [1.82, 2.24) is 4.90 Å². The SMILES string of the molecule is CCC1CCN(C(=O)Nc2ccc(Cl)c(C(=O)O)c2)CC1. The zero-order valence-electron chi connectivity index (χ0n) is 11.9. The quantitative estimate of drug-likeness (QED) is 0.894. The molecule has 0 unspecified atom stereocenters. The number of hydrogen-bond acceptors (Lipinski definition) is 2. The van der Waals surface area contributed by atoms with Crippen molar-refractivity contribution in [2.24, 2.45) is 5.92 Å². The van der Waals surface area contributed by atoms with E-state index >= 15 is 0 Å². The van der Waals surface area contributed by atoms with Gasteiger partial charge in [0.1, 0.15) is 0 Å². The zero-order valence-corrected chi connectivity index (χ0v) is 12.7. The molecule has 0 radical (unpaired) electrons. The van der Waals surface area contributed by atoms with E-state index in [-0.39, 0.29) is 16.6 Å². The summed E-state index contributed by atoms with van der Waals surface area (Å²) in [5, 5.41) is 11.9. The minimum absolute atomic E-state index is 0.0147. The number of hydrogen-bond donors (Lipinski definition) is 2. The van der Waals surface area contributed by atoms with Crippen LogP contribution in [0.25, 0.3) is 0 Å². The Hall–Kier alpha value is -1.75. The Morgan fingerprint density at radius 1 is 1.38 bits per heavy atom. The van der Waals surface area contributed by atoms with E-state index in [1.165, 1.54) is 12.1 Å². The predicted molar refractivity (Wildman–Crippen MR) is 82.0 cm³/mol. The Morgan fingerprint density at radius 2 is 2.05 bits per heavy atom. The van der Waals surface area contributed by atoms with Gasteiger partial charge in [0, 0.05) is 18.8 Å². The summed E-state index contributed by atoms with van der Waals surface area (Å²) in [7, 11) is 0. The van der Waals surface area contributed by atoms with Gasteiger partial charge in [0.25, 0.3) is 0 Å². The van der Waals surface area contributed by atoms with Crippen molar-refractivity contribution in [3.8, 4) is 0 Å². The van der Waals surface area contributed by atoms with E-state index in [4.69, 9.17) is 16.7 Å². The van der Waals surface area contributed by atoms with Crippen molar-refractivity contribution in [1.29, 1.82) is 0 Å². The highest BCUT2D eigenvalue weighted by atomic mass is 35.5. The van der Waals surface area contributed by atoms with Crippen LogP contribution >= 0.6 is 11.6 Å². The van der Waals surface area contributed by atoms with E-state index < -0.39 is 5.97 Å². The van der Waals surface area contributed by atoms with Crippen LogP contribution in [0.4, 0.5) is 10.5 Å². The molecule has 21 heavy (non-hydrogen) atoms. The van der Waals surface area contributed by atoms with Crippen LogP contribution < -0.4 is 5.32 Å². The molecule has 0 saturated carbocycles. The molecule has 1 aromatic carbocycles. The van der Waals surface area contributed by atoms with Gasteiger partial charge < -0.3 is 15.3 Å². The number of carboxylic acid groups (broad SMARTS) is 1. The zero-order chi connectivity index (χ0) is 15.4. The molecule has 0 bridgehead atoms. The number of amides is 2. The first-order valence-electron chi connectivity index (χ1n) is 7.10.